The van der Waals surface area contributed by atoms with E-state index in [-0.39, 0.29) is 42.6 Å². The minimum absolute atomic E-state index is 0.0902. The quantitative estimate of drug-likeness (QED) is 0.171. The molecule has 11 heteroatoms. The smallest absolute Gasteiger partial charge is 0.410 e. The summed E-state index contributed by atoms with van der Waals surface area (Å²) in [5.41, 5.74) is -0.956. The number of ether oxygens (including phenoxy) is 2. The fourth-order valence-electron chi connectivity index (χ4n) is 5.54. The van der Waals surface area contributed by atoms with Gasteiger partial charge in [0.2, 0.25) is 17.6 Å². The second kappa shape index (κ2) is 17.1. The molecule has 49 heavy (non-hydrogen) atoms. The van der Waals surface area contributed by atoms with E-state index in [4.69, 9.17) is 9.47 Å². The molecular formula is C38H59N5O6. The first-order valence-corrected chi connectivity index (χ1v) is 17.0. The summed E-state index contributed by atoms with van der Waals surface area (Å²) in [7, 11) is 1.54. The molecule has 2 N–H and O–H groups in total. The zero-order valence-corrected chi connectivity index (χ0v) is 31.8. The van der Waals surface area contributed by atoms with Crippen molar-refractivity contribution in [1.82, 2.24) is 25.1 Å². The Bertz CT molecular complexity index is 1450. The topological polar surface area (TPSA) is 132 Å². The maximum Gasteiger partial charge on any atom is 0.410 e. The molecule has 3 amide bonds. The molecule has 0 saturated heterocycles. The SMILES string of the molecule is CCOCn1ccnc1C(=O)/C(C)=C/C(CNC(=O)C(NC(=O)C(N(C)C(=O)OC(C)(C)C)C(C)(C)c1ccccc1)C(C)(C)C)C(C)C. The van der Waals surface area contributed by atoms with Gasteiger partial charge in [0.15, 0.2) is 5.82 Å². The summed E-state index contributed by atoms with van der Waals surface area (Å²) in [6, 6.07) is 7.53. The first kappa shape index (κ1) is 41.2. The monoisotopic (exact) mass is 681 g/mol. The highest BCUT2D eigenvalue weighted by Crippen LogP contribution is 2.32. The molecule has 0 aliphatic heterocycles. The average molecular weight is 682 g/mol. The molecule has 11 nitrogen and oxygen atoms in total. The Hall–Kier alpha value is -3.99. The molecule has 0 saturated carbocycles. The normalized spacial score (nSPS) is 14.5. The third-order valence-electron chi connectivity index (χ3n) is 8.48. The van der Waals surface area contributed by atoms with Crippen LogP contribution in [0.5, 0.6) is 0 Å². The third kappa shape index (κ3) is 11.5. The molecule has 2 rings (SSSR count). The number of benzene rings is 1. The molecule has 2 aromatic rings. The van der Waals surface area contributed by atoms with Crippen molar-refractivity contribution < 1.29 is 28.7 Å². The van der Waals surface area contributed by atoms with Gasteiger partial charge in [0.25, 0.3) is 0 Å². The third-order valence-corrected chi connectivity index (χ3v) is 8.48. The number of hydrogen-bond donors (Lipinski definition) is 2. The fraction of sp³-hybridized carbons (Fsp3) is 0.605. The molecule has 0 fully saturated rings. The number of likely N-dealkylation sites (N-methyl/N-ethyl adjacent to an activating group) is 1. The number of Topliss-reactive ketones (excluding diaryl/α,β-unsaturated/α-hetero) is 1. The van der Waals surface area contributed by atoms with Crippen LogP contribution < -0.4 is 10.6 Å². The molecule has 3 unspecified atom stereocenters. The molecule has 1 heterocycles. The van der Waals surface area contributed by atoms with Gasteiger partial charge in [-0.25, -0.2) is 9.78 Å². The Morgan fingerprint density at radius 2 is 1.59 bits per heavy atom. The van der Waals surface area contributed by atoms with Gasteiger partial charge in [0, 0.05) is 38.0 Å². The summed E-state index contributed by atoms with van der Waals surface area (Å²) in [6.45, 7) is 23.4. The Labute approximate surface area is 293 Å². The van der Waals surface area contributed by atoms with Crippen LogP contribution in [0.1, 0.15) is 99.3 Å². The highest BCUT2D eigenvalue weighted by atomic mass is 16.6. The van der Waals surface area contributed by atoms with E-state index in [1.807, 2.05) is 91.8 Å². The number of carbonyl (C=O) groups excluding carboxylic acids is 4. The van der Waals surface area contributed by atoms with Crippen molar-refractivity contribution in [2.24, 2.45) is 17.3 Å². The largest absolute Gasteiger partial charge is 0.444 e. The zero-order chi connectivity index (χ0) is 37.3. The van der Waals surface area contributed by atoms with Crippen molar-refractivity contribution >= 4 is 23.7 Å². The van der Waals surface area contributed by atoms with Crippen molar-refractivity contribution in [3.63, 3.8) is 0 Å². The van der Waals surface area contributed by atoms with Crippen LogP contribution in [0.3, 0.4) is 0 Å². The van der Waals surface area contributed by atoms with E-state index >= 15 is 0 Å². The number of nitrogens with zero attached hydrogens (tertiary/aromatic N) is 3. The van der Waals surface area contributed by atoms with Gasteiger partial charge in [0.05, 0.1) is 0 Å². The average Bonchev–Trinajstić information content (AvgIpc) is 3.47. The van der Waals surface area contributed by atoms with Crippen LogP contribution in [-0.2, 0) is 31.2 Å². The first-order chi connectivity index (χ1) is 22.6. The van der Waals surface area contributed by atoms with Gasteiger partial charge in [-0.3, -0.25) is 19.3 Å². The number of nitrogens with one attached hydrogen (secondary N) is 2. The van der Waals surface area contributed by atoms with E-state index in [9.17, 15) is 19.2 Å². The van der Waals surface area contributed by atoms with E-state index < -0.39 is 40.5 Å². The number of rotatable bonds is 15. The Balaban J connectivity index is 2.35. The maximum absolute atomic E-state index is 14.3. The zero-order valence-electron chi connectivity index (χ0n) is 31.8. The highest BCUT2D eigenvalue weighted by Gasteiger charge is 2.45. The summed E-state index contributed by atoms with van der Waals surface area (Å²) >= 11 is 0. The number of carbonyl (C=O) groups is 4. The number of aromatic nitrogens is 2. The standard InChI is InChI=1S/C38H59N5O6/c1-14-48-24-43-21-20-39-32(43)29(44)26(4)22-27(25(2)3)23-40-33(45)30(36(5,6)7)41-34(46)31(42(13)35(47)49-37(8,9)10)38(11,12)28-18-16-15-17-19-28/h15-22,25,27,30-31H,14,23-24H2,1-13H3,(H,40,45)(H,41,46)/b26-22+. The van der Waals surface area contributed by atoms with Crippen molar-refractivity contribution in [2.45, 2.75) is 113 Å². The Kier molecular flexibility index (Phi) is 14.4. The fourth-order valence-corrected chi connectivity index (χ4v) is 5.54. The lowest BCUT2D eigenvalue weighted by molar-refractivity contribution is -0.135. The van der Waals surface area contributed by atoms with Gasteiger partial charge in [-0.1, -0.05) is 84.9 Å². The van der Waals surface area contributed by atoms with Crippen LogP contribution >= 0.6 is 0 Å². The van der Waals surface area contributed by atoms with E-state index in [0.717, 1.165) is 5.56 Å². The van der Waals surface area contributed by atoms with Crippen LogP contribution in [0.25, 0.3) is 0 Å². The number of hydrogen-bond acceptors (Lipinski definition) is 7. The second-order valence-corrected chi connectivity index (χ2v) is 15.6. The van der Waals surface area contributed by atoms with Gasteiger partial charge in [0.1, 0.15) is 24.4 Å². The predicted octanol–water partition coefficient (Wildman–Crippen LogP) is 6.14. The van der Waals surface area contributed by atoms with Gasteiger partial charge >= 0.3 is 6.09 Å². The highest BCUT2D eigenvalue weighted by molar-refractivity contribution is 6.06. The van der Waals surface area contributed by atoms with Gasteiger partial charge in [-0.05, 0) is 63.0 Å². The van der Waals surface area contributed by atoms with Crippen LogP contribution in [0.4, 0.5) is 4.79 Å². The summed E-state index contributed by atoms with van der Waals surface area (Å²) < 4.78 is 12.8. The Morgan fingerprint density at radius 3 is 2.12 bits per heavy atom. The summed E-state index contributed by atoms with van der Waals surface area (Å²) in [4.78, 5) is 60.4. The van der Waals surface area contributed by atoms with E-state index in [1.54, 1.807) is 51.7 Å². The molecule has 3 atom stereocenters. The van der Waals surface area contributed by atoms with Crippen LogP contribution in [0.2, 0.25) is 0 Å². The number of imidazole rings is 1. The number of ketones is 1. The molecule has 1 aromatic heterocycles. The molecule has 272 valence electrons. The summed E-state index contributed by atoms with van der Waals surface area (Å²) in [5.74, 6) is -0.875. The second-order valence-electron chi connectivity index (χ2n) is 15.6. The summed E-state index contributed by atoms with van der Waals surface area (Å²) in [5, 5.41) is 6.02. The first-order valence-electron chi connectivity index (χ1n) is 17.0. The minimum Gasteiger partial charge on any atom is -0.444 e. The molecule has 0 spiro atoms. The van der Waals surface area contributed by atoms with Gasteiger partial charge < -0.3 is 24.7 Å². The number of allylic oxidation sites excluding steroid dienone is 1. The molecular weight excluding hydrogens is 622 g/mol. The lowest BCUT2D eigenvalue weighted by atomic mass is 9.76. The van der Waals surface area contributed by atoms with E-state index in [1.165, 1.54) is 4.90 Å². The van der Waals surface area contributed by atoms with Crippen molar-refractivity contribution in [3.05, 3.63) is 65.8 Å². The lowest BCUT2D eigenvalue weighted by Crippen LogP contribution is -2.62. The van der Waals surface area contributed by atoms with E-state index in [2.05, 4.69) is 15.6 Å². The maximum atomic E-state index is 14.3. The van der Waals surface area contributed by atoms with Gasteiger partial charge in [-0.15, -0.1) is 0 Å². The number of amides is 3. The van der Waals surface area contributed by atoms with Crippen molar-refractivity contribution in [3.8, 4) is 0 Å². The molecule has 1 aromatic carbocycles. The van der Waals surface area contributed by atoms with Crippen LogP contribution in [0, 0.1) is 17.3 Å². The van der Waals surface area contributed by atoms with E-state index in [0.29, 0.717) is 12.2 Å². The molecule has 0 radical (unpaired) electrons. The van der Waals surface area contributed by atoms with Gasteiger partial charge in [-0.2, -0.15) is 0 Å². The van der Waals surface area contributed by atoms with Crippen LogP contribution in [0.15, 0.2) is 54.4 Å². The van der Waals surface area contributed by atoms with Crippen LogP contribution in [-0.4, -0.2) is 76.0 Å². The lowest BCUT2D eigenvalue weighted by Gasteiger charge is -2.41. The predicted molar refractivity (Wildman–Crippen MR) is 192 cm³/mol. The molecule has 0 aliphatic carbocycles. The summed E-state index contributed by atoms with van der Waals surface area (Å²) in [6.07, 6.45) is 4.49. The van der Waals surface area contributed by atoms with Crippen molar-refractivity contribution in [1.29, 1.82) is 0 Å². The molecule has 0 bridgehead atoms. The minimum atomic E-state index is -1.02. The molecule has 0 aliphatic rings. The van der Waals surface area contributed by atoms with Crippen molar-refractivity contribution in [2.75, 3.05) is 20.2 Å². The Morgan fingerprint density at radius 1 is 0.980 bits per heavy atom.